The number of amides is 2. The molecule has 3 atom stereocenters. The Morgan fingerprint density at radius 2 is 2.20 bits per heavy atom. The highest BCUT2D eigenvalue weighted by molar-refractivity contribution is 5.89. The molecule has 0 aromatic heterocycles. The molecule has 116 valence electrons. The van der Waals surface area contributed by atoms with Gasteiger partial charge in [-0.2, -0.15) is 0 Å². The first-order valence-electron chi connectivity index (χ1n) is 7.38. The Hall–Kier alpha value is -1.14. The van der Waals surface area contributed by atoms with E-state index in [9.17, 15) is 9.59 Å². The second-order valence-corrected chi connectivity index (χ2v) is 5.32. The fourth-order valence-corrected chi connectivity index (χ4v) is 2.38. The first kappa shape index (κ1) is 16.9. The molecule has 0 aromatic rings. The minimum atomic E-state index is -0.525. The van der Waals surface area contributed by atoms with Crippen molar-refractivity contribution in [2.45, 2.75) is 45.2 Å². The summed E-state index contributed by atoms with van der Waals surface area (Å²) in [5.74, 6) is 0.327. The molecule has 3 N–H and O–H groups in total. The van der Waals surface area contributed by atoms with Crippen molar-refractivity contribution in [3.8, 4) is 0 Å². The van der Waals surface area contributed by atoms with Gasteiger partial charge in [0.25, 0.3) is 0 Å². The Bertz CT molecular complexity index is 323. The van der Waals surface area contributed by atoms with Crippen LogP contribution in [0, 0.1) is 5.92 Å². The number of nitrogens with one attached hydrogen (secondary N) is 3. The minimum absolute atomic E-state index is 0.0856. The largest absolute Gasteiger partial charge is 0.383 e. The summed E-state index contributed by atoms with van der Waals surface area (Å²) in [6.45, 7) is 5.63. The standard InChI is InChI=1S/C14H27N3O3/c1-4-11-5-6-15-12(9-11)14(19)17-10(2)13(18)16-7-8-20-3/h10-12,15H,4-9H2,1-3H3,(H,16,18)(H,17,19). The fraction of sp³-hybridized carbons (Fsp3) is 0.857. The van der Waals surface area contributed by atoms with Crippen LogP contribution in [0.1, 0.15) is 33.1 Å². The maximum atomic E-state index is 12.1. The third-order valence-corrected chi connectivity index (χ3v) is 3.76. The summed E-state index contributed by atoms with van der Waals surface area (Å²) in [4.78, 5) is 23.9. The Morgan fingerprint density at radius 3 is 2.85 bits per heavy atom. The van der Waals surface area contributed by atoms with Crippen molar-refractivity contribution in [3.63, 3.8) is 0 Å². The van der Waals surface area contributed by atoms with Crippen molar-refractivity contribution in [2.75, 3.05) is 26.8 Å². The maximum Gasteiger partial charge on any atom is 0.242 e. The van der Waals surface area contributed by atoms with Crippen LogP contribution in [0.15, 0.2) is 0 Å². The third-order valence-electron chi connectivity index (χ3n) is 3.76. The van der Waals surface area contributed by atoms with Crippen molar-refractivity contribution >= 4 is 11.8 Å². The van der Waals surface area contributed by atoms with Gasteiger partial charge in [-0.1, -0.05) is 13.3 Å². The molecule has 0 bridgehead atoms. The number of carbonyl (C=O) groups is 2. The molecule has 0 spiro atoms. The van der Waals surface area contributed by atoms with E-state index in [1.54, 1.807) is 14.0 Å². The summed E-state index contributed by atoms with van der Waals surface area (Å²) in [7, 11) is 1.58. The SMILES string of the molecule is CCC1CCNC(C(=O)NC(C)C(=O)NCCOC)C1. The zero-order chi connectivity index (χ0) is 15.0. The van der Waals surface area contributed by atoms with E-state index in [1.165, 1.54) is 0 Å². The number of piperidine rings is 1. The molecule has 0 saturated carbocycles. The van der Waals surface area contributed by atoms with Crippen molar-refractivity contribution < 1.29 is 14.3 Å². The normalized spacial score (nSPS) is 23.9. The number of rotatable bonds is 7. The van der Waals surface area contributed by atoms with E-state index in [2.05, 4.69) is 22.9 Å². The molecular formula is C14H27N3O3. The molecule has 6 nitrogen and oxygen atoms in total. The third kappa shape index (κ3) is 5.46. The van der Waals surface area contributed by atoms with Crippen molar-refractivity contribution in [1.29, 1.82) is 0 Å². The van der Waals surface area contributed by atoms with Gasteiger partial charge in [0.05, 0.1) is 12.6 Å². The van der Waals surface area contributed by atoms with E-state index in [4.69, 9.17) is 4.74 Å². The molecule has 1 rings (SSSR count). The Labute approximate surface area is 121 Å². The second kappa shape index (κ2) is 8.92. The van der Waals surface area contributed by atoms with E-state index in [0.29, 0.717) is 19.1 Å². The lowest BCUT2D eigenvalue weighted by atomic mass is 9.90. The molecule has 1 heterocycles. The number of ether oxygens (including phenoxy) is 1. The van der Waals surface area contributed by atoms with Crippen molar-refractivity contribution in [3.05, 3.63) is 0 Å². The average Bonchev–Trinajstić information content (AvgIpc) is 2.47. The van der Waals surface area contributed by atoms with Gasteiger partial charge in [-0.15, -0.1) is 0 Å². The van der Waals surface area contributed by atoms with Crippen molar-refractivity contribution in [1.82, 2.24) is 16.0 Å². The Balaban J connectivity index is 2.34. The molecular weight excluding hydrogens is 258 g/mol. The summed E-state index contributed by atoms with van der Waals surface area (Å²) >= 11 is 0. The number of carbonyl (C=O) groups excluding carboxylic acids is 2. The van der Waals surface area contributed by atoms with Crippen LogP contribution in [-0.2, 0) is 14.3 Å². The molecule has 1 saturated heterocycles. The van der Waals surface area contributed by atoms with Gasteiger partial charge in [0, 0.05) is 13.7 Å². The Kier molecular flexibility index (Phi) is 7.54. The molecule has 0 aliphatic carbocycles. The molecule has 20 heavy (non-hydrogen) atoms. The summed E-state index contributed by atoms with van der Waals surface area (Å²) in [6, 6.07) is -0.703. The molecule has 1 fully saturated rings. The highest BCUT2D eigenvalue weighted by atomic mass is 16.5. The maximum absolute atomic E-state index is 12.1. The predicted molar refractivity (Wildman–Crippen MR) is 77.3 cm³/mol. The quantitative estimate of drug-likeness (QED) is 0.577. The molecule has 6 heteroatoms. The smallest absolute Gasteiger partial charge is 0.242 e. The van der Waals surface area contributed by atoms with Gasteiger partial charge in [0.15, 0.2) is 0 Å². The topological polar surface area (TPSA) is 79.5 Å². The summed E-state index contributed by atoms with van der Waals surface area (Å²) < 4.78 is 4.86. The predicted octanol–water partition coefficient (Wildman–Crippen LogP) is 0.0319. The van der Waals surface area contributed by atoms with E-state index in [-0.39, 0.29) is 17.9 Å². The van der Waals surface area contributed by atoms with E-state index >= 15 is 0 Å². The molecule has 0 radical (unpaired) electrons. The first-order valence-corrected chi connectivity index (χ1v) is 7.38. The van der Waals surface area contributed by atoms with Crippen molar-refractivity contribution in [2.24, 2.45) is 5.92 Å². The molecule has 1 aliphatic heterocycles. The zero-order valence-corrected chi connectivity index (χ0v) is 12.7. The van der Waals surface area contributed by atoms with Crippen LogP contribution < -0.4 is 16.0 Å². The van der Waals surface area contributed by atoms with Crippen LogP contribution in [-0.4, -0.2) is 50.7 Å². The summed E-state index contributed by atoms with van der Waals surface area (Å²) in [6.07, 6.45) is 3.06. The number of hydrogen-bond donors (Lipinski definition) is 3. The monoisotopic (exact) mass is 285 g/mol. The van der Waals surface area contributed by atoms with Gasteiger partial charge in [-0.3, -0.25) is 9.59 Å². The fourth-order valence-electron chi connectivity index (χ4n) is 2.38. The minimum Gasteiger partial charge on any atom is -0.383 e. The van der Waals surface area contributed by atoms with Gasteiger partial charge in [-0.25, -0.2) is 0 Å². The van der Waals surface area contributed by atoms with Crippen LogP contribution in [0.3, 0.4) is 0 Å². The highest BCUT2D eigenvalue weighted by Gasteiger charge is 2.27. The average molecular weight is 285 g/mol. The van der Waals surface area contributed by atoms with Crippen LogP contribution in [0.5, 0.6) is 0 Å². The lowest BCUT2D eigenvalue weighted by molar-refractivity contribution is -0.130. The van der Waals surface area contributed by atoms with E-state index in [1.807, 2.05) is 0 Å². The van der Waals surface area contributed by atoms with Crippen LogP contribution in [0.25, 0.3) is 0 Å². The lowest BCUT2D eigenvalue weighted by Gasteiger charge is -2.29. The highest BCUT2D eigenvalue weighted by Crippen LogP contribution is 2.19. The van der Waals surface area contributed by atoms with E-state index < -0.39 is 6.04 Å². The van der Waals surface area contributed by atoms with Gasteiger partial charge >= 0.3 is 0 Å². The van der Waals surface area contributed by atoms with Crippen LogP contribution in [0.4, 0.5) is 0 Å². The summed E-state index contributed by atoms with van der Waals surface area (Å²) in [5.41, 5.74) is 0. The lowest BCUT2D eigenvalue weighted by Crippen LogP contribution is -2.54. The number of hydrogen-bond acceptors (Lipinski definition) is 4. The Morgan fingerprint density at radius 1 is 1.45 bits per heavy atom. The zero-order valence-electron chi connectivity index (χ0n) is 12.7. The van der Waals surface area contributed by atoms with Gasteiger partial charge < -0.3 is 20.7 Å². The second-order valence-electron chi connectivity index (χ2n) is 5.32. The van der Waals surface area contributed by atoms with Crippen LogP contribution in [0.2, 0.25) is 0 Å². The molecule has 1 aliphatic rings. The van der Waals surface area contributed by atoms with E-state index in [0.717, 1.165) is 25.8 Å². The van der Waals surface area contributed by atoms with Crippen LogP contribution >= 0.6 is 0 Å². The number of methoxy groups -OCH3 is 1. The summed E-state index contributed by atoms with van der Waals surface area (Å²) in [5, 5.41) is 8.70. The molecule has 3 unspecified atom stereocenters. The molecule has 2 amide bonds. The van der Waals surface area contributed by atoms with Gasteiger partial charge in [0.1, 0.15) is 6.04 Å². The first-order chi connectivity index (χ1) is 9.58. The van der Waals surface area contributed by atoms with Gasteiger partial charge in [-0.05, 0) is 32.2 Å². The van der Waals surface area contributed by atoms with Gasteiger partial charge in [0.2, 0.25) is 11.8 Å². The molecule has 0 aromatic carbocycles.